The van der Waals surface area contributed by atoms with Gasteiger partial charge in [0.25, 0.3) is 0 Å². The van der Waals surface area contributed by atoms with E-state index in [0.29, 0.717) is 11.1 Å². The van der Waals surface area contributed by atoms with Crippen molar-refractivity contribution >= 4 is 28.4 Å². The van der Waals surface area contributed by atoms with Crippen molar-refractivity contribution in [1.29, 1.82) is 0 Å². The summed E-state index contributed by atoms with van der Waals surface area (Å²) in [5.74, 6) is -0.603. The average Bonchev–Trinajstić information content (AvgIpc) is 2.96. The number of hydrogen-bond acceptors (Lipinski definition) is 2. The third kappa shape index (κ3) is 6.38. The molecule has 5 rings (SSSR count). The van der Waals surface area contributed by atoms with E-state index in [9.17, 15) is 13.6 Å². The van der Waals surface area contributed by atoms with Gasteiger partial charge in [0.1, 0.15) is 22.5 Å². The second kappa shape index (κ2) is 11.8. The maximum atomic E-state index is 13.8. The number of halogens is 2. The van der Waals surface area contributed by atoms with Gasteiger partial charge in [0, 0.05) is 16.0 Å². The molecule has 0 atom stereocenters. The van der Waals surface area contributed by atoms with Crippen molar-refractivity contribution in [3.05, 3.63) is 150 Å². The predicted molar refractivity (Wildman–Crippen MR) is 161 cm³/mol. The van der Waals surface area contributed by atoms with Crippen LogP contribution in [0.3, 0.4) is 0 Å². The molecular formula is C35H29F2OS2+. The molecule has 0 aliphatic carbocycles. The van der Waals surface area contributed by atoms with E-state index >= 15 is 0 Å². The SMILES string of the molecule is CC(C)(C)c1ccc(C(=O)c2ccc(Sc3ccccc3[S+](c3ccc(F)cc3)c3ccc(F)cc3)cc2)cc1. The third-order valence-corrected chi connectivity index (χ3v) is 10.0. The van der Waals surface area contributed by atoms with Crippen molar-refractivity contribution < 1.29 is 13.6 Å². The first-order valence-electron chi connectivity index (χ1n) is 13.0. The molecule has 1 nitrogen and oxygen atoms in total. The molecule has 0 N–H and O–H groups in total. The van der Waals surface area contributed by atoms with E-state index in [1.54, 1.807) is 36.0 Å². The zero-order valence-electron chi connectivity index (χ0n) is 22.5. The van der Waals surface area contributed by atoms with Crippen LogP contribution < -0.4 is 0 Å². The lowest BCUT2D eigenvalue weighted by molar-refractivity contribution is 0.103. The van der Waals surface area contributed by atoms with E-state index in [2.05, 4.69) is 32.9 Å². The van der Waals surface area contributed by atoms with E-state index in [1.807, 2.05) is 60.7 Å². The molecular weight excluding hydrogens is 539 g/mol. The molecule has 0 spiro atoms. The molecule has 0 aromatic heterocycles. The minimum Gasteiger partial charge on any atom is -0.289 e. The third-order valence-electron chi connectivity index (χ3n) is 6.53. The van der Waals surface area contributed by atoms with Gasteiger partial charge in [-0.15, -0.1) is 0 Å². The summed E-state index contributed by atoms with van der Waals surface area (Å²) >= 11 is 1.61. The highest BCUT2D eigenvalue weighted by atomic mass is 32.2. The first kappa shape index (κ1) is 27.9. The fourth-order valence-electron chi connectivity index (χ4n) is 4.32. The second-order valence-corrected chi connectivity index (χ2v) is 13.6. The maximum absolute atomic E-state index is 13.8. The normalized spacial score (nSPS) is 11.6. The van der Waals surface area contributed by atoms with Crippen molar-refractivity contribution in [2.45, 2.75) is 50.7 Å². The Morgan fingerprint density at radius 2 is 1.10 bits per heavy atom. The van der Waals surface area contributed by atoms with Gasteiger partial charge >= 0.3 is 0 Å². The van der Waals surface area contributed by atoms with Gasteiger partial charge in [0.05, 0.1) is 4.90 Å². The zero-order valence-corrected chi connectivity index (χ0v) is 24.2. The molecule has 0 saturated heterocycles. The molecule has 0 aliphatic rings. The van der Waals surface area contributed by atoms with Crippen LogP contribution >= 0.6 is 11.8 Å². The predicted octanol–water partition coefficient (Wildman–Crippen LogP) is 9.74. The van der Waals surface area contributed by atoms with Crippen LogP contribution in [0.4, 0.5) is 8.78 Å². The molecule has 0 unspecified atom stereocenters. The van der Waals surface area contributed by atoms with E-state index in [0.717, 1.165) is 24.5 Å². The average molecular weight is 568 g/mol. The number of ketones is 1. The monoisotopic (exact) mass is 567 g/mol. The Kier molecular flexibility index (Phi) is 8.24. The van der Waals surface area contributed by atoms with Gasteiger partial charge in [-0.25, -0.2) is 8.78 Å². The molecule has 200 valence electrons. The fraction of sp³-hybridized carbons (Fsp3) is 0.114. The molecule has 0 heterocycles. The molecule has 5 aromatic carbocycles. The number of hydrogen-bond donors (Lipinski definition) is 0. The molecule has 0 amide bonds. The van der Waals surface area contributed by atoms with Crippen LogP contribution in [0.5, 0.6) is 0 Å². The summed E-state index contributed by atoms with van der Waals surface area (Å²) in [5.41, 5.74) is 2.53. The van der Waals surface area contributed by atoms with Crippen LogP contribution in [-0.2, 0) is 16.3 Å². The molecule has 0 bridgehead atoms. The standard InChI is InChI=1S/C35H29F2OS2/c1-35(2,3)26-12-8-24(9-13-26)34(38)25-10-18-29(19-11-25)39-32-6-4-5-7-33(32)40(30-20-14-27(36)15-21-30)31-22-16-28(37)17-23-31/h4-23H,1-3H3/q+1. The van der Waals surface area contributed by atoms with E-state index in [4.69, 9.17) is 0 Å². The van der Waals surface area contributed by atoms with Crippen LogP contribution in [0.2, 0.25) is 0 Å². The van der Waals surface area contributed by atoms with Crippen molar-refractivity contribution in [3.63, 3.8) is 0 Å². The lowest BCUT2D eigenvalue weighted by Crippen LogP contribution is -2.11. The summed E-state index contributed by atoms with van der Waals surface area (Å²) in [5, 5.41) is 0. The van der Waals surface area contributed by atoms with Crippen molar-refractivity contribution in [2.24, 2.45) is 0 Å². The summed E-state index contributed by atoms with van der Waals surface area (Å²) in [6, 6.07) is 36.6. The first-order valence-corrected chi connectivity index (χ1v) is 15.0. The van der Waals surface area contributed by atoms with Crippen LogP contribution in [0, 0.1) is 11.6 Å². The number of carbonyl (C=O) groups excluding carboxylic acids is 1. The fourth-order valence-corrected chi connectivity index (χ4v) is 7.62. The van der Waals surface area contributed by atoms with E-state index < -0.39 is 10.9 Å². The maximum Gasteiger partial charge on any atom is 0.193 e. The Morgan fingerprint density at radius 1 is 0.625 bits per heavy atom. The van der Waals surface area contributed by atoms with Gasteiger partial charge < -0.3 is 0 Å². The number of rotatable bonds is 7. The highest BCUT2D eigenvalue weighted by Crippen LogP contribution is 2.40. The van der Waals surface area contributed by atoms with Gasteiger partial charge in [-0.2, -0.15) is 0 Å². The van der Waals surface area contributed by atoms with Crippen LogP contribution in [0.1, 0.15) is 42.3 Å². The Hall–Kier alpha value is -3.67. The Morgan fingerprint density at radius 3 is 1.60 bits per heavy atom. The minimum atomic E-state index is -0.570. The Balaban J connectivity index is 1.43. The molecule has 0 saturated carbocycles. The summed E-state index contributed by atoms with van der Waals surface area (Å²) in [4.78, 5) is 18.1. The molecule has 0 fully saturated rings. The quantitative estimate of drug-likeness (QED) is 0.144. The lowest BCUT2D eigenvalue weighted by atomic mass is 9.86. The van der Waals surface area contributed by atoms with E-state index in [-0.39, 0.29) is 22.8 Å². The number of carbonyl (C=O) groups is 1. The molecule has 0 aliphatic heterocycles. The smallest absolute Gasteiger partial charge is 0.193 e. The molecule has 5 aromatic rings. The Labute approximate surface area is 241 Å². The van der Waals surface area contributed by atoms with Crippen molar-refractivity contribution in [1.82, 2.24) is 0 Å². The van der Waals surface area contributed by atoms with Crippen LogP contribution in [-0.4, -0.2) is 5.78 Å². The second-order valence-electron chi connectivity index (χ2n) is 10.4. The number of benzene rings is 5. The summed E-state index contributed by atoms with van der Waals surface area (Å²) < 4.78 is 27.5. The lowest BCUT2D eigenvalue weighted by Gasteiger charge is -2.19. The van der Waals surface area contributed by atoms with Gasteiger partial charge in [0.15, 0.2) is 20.5 Å². The first-order chi connectivity index (χ1) is 19.2. The molecule has 40 heavy (non-hydrogen) atoms. The van der Waals surface area contributed by atoms with Gasteiger partial charge in [-0.05, 0) is 95.9 Å². The topological polar surface area (TPSA) is 17.1 Å². The van der Waals surface area contributed by atoms with Crippen molar-refractivity contribution in [3.8, 4) is 0 Å². The summed E-state index contributed by atoms with van der Waals surface area (Å²) in [7, 11) is -0.570. The van der Waals surface area contributed by atoms with Gasteiger partial charge in [-0.3, -0.25) is 4.79 Å². The van der Waals surface area contributed by atoms with E-state index in [1.165, 1.54) is 29.8 Å². The van der Waals surface area contributed by atoms with Crippen molar-refractivity contribution in [2.75, 3.05) is 0 Å². The van der Waals surface area contributed by atoms with Gasteiger partial charge in [0.2, 0.25) is 0 Å². The highest BCUT2D eigenvalue weighted by molar-refractivity contribution is 8.01. The summed E-state index contributed by atoms with van der Waals surface area (Å²) in [6.45, 7) is 6.46. The largest absolute Gasteiger partial charge is 0.289 e. The van der Waals surface area contributed by atoms with Crippen LogP contribution in [0.15, 0.2) is 146 Å². The summed E-state index contributed by atoms with van der Waals surface area (Å²) in [6.07, 6.45) is 0. The zero-order chi connectivity index (χ0) is 28.3. The minimum absolute atomic E-state index is 0.00780. The highest BCUT2D eigenvalue weighted by Gasteiger charge is 2.31. The Bertz CT molecular complexity index is 1560. The van der Waals surface area contributed by atoms with Crippen LogP contribution in [0.25, 0.3) is 0 Å². The molecule has 5 heteroatoms. The molecule has 0 radical (unpaired) electrons. The van der Waals surface area contributed by atoms with Gasteiger partial charge in [-0.1, -0.05) is 68.9 Å².